The van der Waals surface area contributed by atoms with Gasteiger partial charge in [-0.15, -0.1) is 0 Å². The van der Waals surface area contributed by atoms with Crippen LogP contribution in [-0.4, -0.2) is 34.5 Å². The van der Waals surface area contributed by atoms with Crippen molar-refractivity contribution in [1.82, 2.24) is 21.2 Å². The molecule has 3 N–H and O–H groups in total. The summed E-state index contributed by atoms with van der Waals surface area (Å²) in [6, 6.07) is 10.7. The first-order valence-electron chi connectivity index (χ1n) is 13.9. The van der Waals surface area contributed by atoms with Gasteiger partial charge >= 0.3 is 12.3 Å². The second kappa shape index (κ2) is 17.0. The monoisotopic (exact) mass is 590 g/mol. The standard InChI is InChI=1S/C27H29F3N4O4.2C2H6/c1-26(2,3)38-25(37)32-22(14-17-4-8-21(9-5-17)27(28,29)30)10-11-23(35)33-34-24(36)19-6-7-20-16-31-13-12-18(20)15-19;2*1-2/h4-9,12-13,15-16,22H,10-11,14H2,1-3H3,(H,32,37)(H,33,35)(H,34,36);2*1-2H3. The lowest BCUT2D eigenvalue weighted by atomic mass is 10.0. The number of carbonyl (C=O) groups is 3. The molecule has 1 atom stereocenters. The van der Waals surface area contributed by atoms with Crippen LogP contribution < -0.4 is 16.2 Å². The topological polar surface area (TPSA) is 109 Å². The molecule has 1 aromatic heterocycles. The fraction of sp³-hybridized carbons (Fsp3) is 0.419. The fourth-order valence-electron chi connectivity index (χ4n) is 3.60. The summed E-state index contributed by atoms with van der Waals surface area (Å²) in [5, 5.41) is 4.36. The molecule has 1 unspecified atom stereocenters. The van der Waals surface area contributed by atoms with Crippen LogP contribution in [0.1, 0.15) is 82.8 Å². The molecular formula is C31H41F3N4O4. The molecule has 0 aliphatic heterocycles. The van der Waals surface area contributed by atoms with Crippen molar-refractivity contribution < 1.29 is 32.3 Å². The van der Waals surface area contributed by atoms with Gasteiger partial charge in [0, 0.05) is 35.8 Å². The molecule has 0 aliphatic carbocycles. The summed E-state index contributed by atoms with van der Waals surface area (Å²) < 4.78 is 43.9. The van der Waals surface area contributed by atoms with Crippen molar-refractivity contribution in [3.63, 3.8) is 0 Å². The molecule has 42 heavy (non-hydrogen) atoms. The van der Waals surface area contributed by atoms with Crippen molar-refractivity contribution in [2.75, 3.05) is 0 Å². The Bertz CT molecular complexity index is 1290. The van der Waals surface area contributed by atoms with Gasteiger partial charge in [-0.25, -0.2) is 4.79 Å². The number of hydrogen-bond acceptors (Lipinski definition) is 5. The number of alkyl carbamates (subject to hydrolysis) is 1. The predicted molar refractivity (Wildman–Crippen MR) is 158 cm³/mol. The lowest BCUT2D eigenvalue weighted by Crippen LogP contribution is -2.43. The van der Waals surface area contributed by atoms with Crippen molar-refractivity contribution in [1.29, 1.82) is 0 Å². The van der Waals surface area contributed by atoms with Gasteiger partial charge in [-0.3, -0.25) is 25.4 Å². The first-order chi connectivity index (χ1) is 19.8. The van der Waals surface area contributed by atoms with Crippen LogP contribution in [0.25, 0.3) is 10.8 Å². The van der Waals surface area contributed by atoms with E-state index in [4.69, 9.17) is 4.74 Å². The number of amides is 3. The zero-order valence-electron chi connectivity index (χ0n) is 25.2. The third-order valence-corrected chi connectivity index (χ3v) is 5.42. The molecule has 0 fully saturated rings. The Hall–Kier alpha value is -4.15. The second-order valence-corrected chi connectivity index (χ2v) is 9.72. The lowest BCUT2D eigenvalue weighted by Gasteiger charge is -2.24. The molecule has 0 saturated carbocycles. The summed E-state index contributed by atoms with van der Waals surface area (Å²) in [4.78, 5) is 41.2. The molecule has 0 saturated heterocycles. The SMILES string of the molecule is CC.CC.CC(C)(C)OC(=O)NC(CCC(=O)NNC(=O)c1ccc2cnccc2c1)Cc1ccc(C(F)(F)F)cc1. The average Bonchev–Trinajstić information content (AvgIpc) is 2.95. The smallest absolute Gasteiger partial charge is 0.416 e. The number of nitrogens with zero attached hydrogens (tertiary/aromatic N) is 1. The maximum Gasteiger partial charge on any atom is 0.416 e. The molecule has 0 spiro atoms. The van der Waals surface area contributed by atoms with Crippen LogP contribution >= 0.6 is 0 Å². The number of nitrogens with one attached hydrogen (secondary N) is 3. The van der Waals surface area contributed by atoms with Crippen molar-refractivity contribution in [2.45, 2.75) is 85.5 Å². The molecule has 3 aromatic rings. The van der Waals surface area contributed by atoms with Crippen molar-refractivity contribution in [3.05, 3.63) is 77.6 Å². The van der Waals surface area contributed by atoms with Crippen molar-refractivity contribution >= 4 is 28.7 Å². The van der Waals surface area contributed by atoms with Gasteiger partial charge in [0.05, 0.1) is 5.56 Å². The third-order valence-electron chi connectivity index (χ3n) is 5.42. The Morgan fingerprint density at radius 1 is 0.881 bits per heavy atom. The number of rotatable bonds is 7. The normalized spacial score (nSPS) is 11.6. The van der Waals surface area contributed by atoms with Gasteiger partial charge in [-0.05, 0) is 74.9 Å². The maximum atomic E-state index is 12.9. The number of benzene rings is 2. The zero-order chi connectivity index (χ0) is 31.9. The Balaban J connectivity index is 0.00000211. The molecule has 1 heterocycles. The van der Waals surface area contributed by atoms with E-state index >= 15 is 0 Å². The number of pyridine rings is 1. The van der Waals surface area contributed by atoms with Crippen LogP contribution in [0.2, 0.25) is 0 Å². The number of alkyl halides is 3. The quantitative estimate of drug-likeness (QED) is 0.257. The highest BCUT2D eigenvalue weighted by atomic mass is 19.4. The molecule has 0 radical (unpaired) electrons. The summed E-state index contributed by atoms with van der Waals surface area (Å²) in [6.07, 6.45) is -1.66. The predicted octanol–water partition coefficient (Wildman–Crippen LogP) is 6.98. The highest BCUT2D eigenvalue weighted by Gasteiger charge is 2.30. The molecule has 3 amide bonds. The molecule has 230 valence electrons. The summed E-state index contributed by atoms with van der Waals surface area (Å²) >= 11 is 0. The van der Waals surface area contributed by atoms with E-state index in [0.717, 1.165) is 22.9 Å². The van der Waals surface area contributed by atoms with Gasteiger partial charge in [0.1, 0.15) is 5.60 Å². The molecule has 2 aromatic carbocycles. The van der Waals surface area contributed by atoms with Gasteiger partial charge in [-0.1, -0.05) is 45.9 Å². The number of hydrogen-bond donors (Lipinski definition) is 3. The highest BCUT2D eigenvalue weighted by Crippen LogP contribution is 2.29. The van der Waals surface area contributed by atoms with Gasteiger partial charge in [-0.2, -0.15) is 13.2 Å². The van der Waals surface area contributed by atoms with Crippen LogP contribution in [0.15, 0.2) is 60.9 Å². The Labute approximate surface area is 245 Å². The minimum atomic E-state index is -4.46. The van der Waals surface area contributed by atoms with Crippen LogP contribution in [0.4, 0.5) is 18.0 Å². The van der Waals surface area contributed by atoms with E-state index in [1.165, 1.54) is 12.1 Å². The Morgan fingerprint density at radius 3 is 2.12 bits per heavy atom. The van der Waals surface area contributed by atoms with Gasteiger partial charge < -0.3 is 10.1 Å². The number of aromatic nitrogens is 1. The van der Waals surface area contributed by atoms with Crippen LogP contribution in [0.3, 0.4) is 0 Å². The molecule has 3 rings (SSSR count). The molecule has 11 heteroatoms. The zero-order valence-corrected chi connectivity index (χ0v) is 25.2. The number of hydrazine groups is 1. The van der Waals surface area contributed by atoms with Crippen LogP contribution in [-0.2, 0) is 22.1 Å². The largest absolute Gasteiger partial charge is 0.444 e. The number of fused-ring (bicyclic) bond motifs is 1. The van der Waals surface area contributed by atoms with Gasteiger partial charge in [0.25, 0.3) is 5.91 Å². The minimum absolute atomic E-state index is 0.0786. The summed E-state index contributed by atoms with van der Waals surface area (Å²) in [7, 11) is 0. The molecule has 0 bridgehead atoms. The number of halogens is 3. The highest BCUT2D eigenvalue weighted by molar-refractivity contribution is 5.99. The Morgan fingerprint density at radius 2 is 1.52 bits per heavy atom. The fourth-order valence-corrected chi connectivity index (χ4v) is 3.60. The Kier molecular flexibility index (Phi) is 14.5. The van der Waals surface area contributed by atoms with E-state index in [1.807, 2.05) is 27.7 Å². The molecule has 8 nitrogen and oxygen atoms in total. The summed E-state index contributed by atoms with van der Waals surface area (Å²) in [6.45, 7) is 13.1. The minimum Gasteiger partial charge on any atom is -0.444 e. The van der Waals surface area contributed by atoms with Crippen LogP contribution in [0.5, 0.6) is 0 Å². The van der Waals surface area contributed by atoms with E-state index in [2.05, 4.69) is 21.2 Å². The van der Waals surface area contributed by atoms with E-state index in [0.29, 0.717) is 11.1 Å². The summed E-state index contributed by atoms with van der Waals surface area (Å²) in [5.74, 6) is -1.02. The molecular weight excluding hydrogens is 549 g/mol. The number of ether oxygens (including phenoxy) is 1. The van der Waals surface area contributed by atoms with E-state index in [1.54, 1.807) is 57.4 Å². The van der Waals surface area contributed by atoms with Crippen LogP contribution in [0, 0.1) is 0 Å². The van der Waals surface area contributed by atoms with E-state index < -0.39 is 41.3 Å². The van der Waals surface area contributed by atoms with E-state index in [-0.39, 0.29) is 19.3 Å². The first kappa shape index (κ1) is 35.9. The summed E-state index contributed by atoms with van der Waals surface area (Å²) in [5.41, 5.74) is 4.04. The van der Waals surface area contributed by atoms with E-state index in [9.17, 15) is 27.6 Å². The lowest BCUT2D eigenvalue weighted by molar-refractivity contribution is -0.137. The van der Waals surface area contributed by atoms with Gasteiger partial charge in [0.15, 0.2) is 0 Å². The molecule has 0 aliphatic rings. The average molecular weight is 591 g/mol. The first-order valence-corrected chi connectivity index (χ1v) is 13.9. The van der Waals surface area contributed by atoms with Gasteiger partial charge in [0.2, 0.25) is 5.91 Å². The van der Waals surface area contributed by atoms with Crippen molar-refractivity contribution in [3.8, 4) is 0 Å². The second-order valence-electron chi connectivity index (χ2n) is 9.72. The maximum absolute atomic E-state index is 12.9. The third kappa shape index (κ3) is 12.6. The number of carbonyl (C=O) groups excluding carboxylic acids is 3. The van der Waals surface area contributed by atoms with Crippen molar-refractivity contribution in [2.24, 2.45) is 0 Å².